The van der Waals surface area contributed by atoms with Gasteiger partial charge >= 0.3 is 12.4 Å². The fraction of sp³-hybridized carbons (Fsp3) is 0.250. The molecule has 0 saturated carbocycles. The highest BCUT2D eigenvalue weighted by atomic mass is 19.4. The summed E-state index contributed by atoms with van der Waals surface area (Å²) >= 11 is 0. The number of aromatic nitrogens is 1. The molecule has 0 bridgehead atoms. The molecule has 0 aliphatic carbocycles. The summed E-state index contributed by atoms with van der Waals surface area (Å²) in [7, 11) is 0. The van der Waals surface area contributed by atoms with Gasteiger partial charge in [-0.3, -0.25) is 9.59 Å². The standard InChI is InChI=1S/C32H26F7N3O2/c1-19-3-9-26(10-4-19)42-20(2)27(18-28(42)21-5-7-25(33)8-6-21)30(44)41-13-11-40(12-14-41)29(43)22-15-23(31(34,35)36)17-24(16-22)32(37,38)39/h3-10,15-18H,11-14H2,1-2H3. The third-order valence-electron chi connectivity index (χ3n) is 7.60. The molecule has 0 radical (unpaired) electrons. The van der Waals surface area contributed by atoms with Crippen molar-refractivity contribution in [1.29, 1.82) is 0 Å². The van der Waals surface area contributed by atoms with Gasteiger partial charge in [0.05, 0.1) is 22.4 Å². The number of nitrogens with zero attached hydrogens (tertiary/aromatic N) is 3. The zero-order valence-electron chi connectivity index (χ0n) is 23.6. The quantitative estimate of drug-likeness (QED) is 0.222. The Morgan fingerprint density at radius 2 is 1.16 bits per heavy atom. The van der Waals surface area contributed by atoms with Gasteiger partial charge in [-0.15, -0.1) is 0 Å². The van der Waals surface area contributed by atoms with Gasteiger partial charge < -0.3 is 14.4 Å². The van der Waals surface area contributed by atoms with Crippen LogP contribution in [0.2, 0.25) is 0 Å². The molecule has 5 nitrogen and oxygen atoms in total. The predicted octanol–water partition coefficient (Wildman–Crippen LogP) is 7.54. The minimum absolute atomic E-state index is 0.0106. The highest BCUT2D eigenvalue weighted by molar-refractivity contribution is 5.98. The average molecular weight is 618 g/mol. The Kier molecular flexibility index (Phi) is 8.04. The van der Waals surface area contributed by atoms with Crippen LogP contribution in [0.1, 0.15) is 43.1 Å². The number of carbonyl (C=O) groups excluding carboxylic acids is 2. The Balaban J connectivity index is 1.40. The average Bonchev–Trinajstić information content (AvgIpc) is 3.33. The molecule has 0 spiro atoms. The van der Waals surface area contributed by atoms with Crippen LogP contribution < -0.4 is 0 Å². The van der Waals surface area contributed by atoms with Crippen molar-refractivity contribution >= 4 is 11.8 Å². The van der Waals surface area contributed by atoms with Crippen molar-refractivity contribution in [1.82, 2.24) is 14.4 Å². The van der Waals surface area contributed by atoms with Crippen molar-refractivity contribution in [2.75, 3.05) is 26.2 Å². The predicted molar refractivity (Wildman–Crippen MR) is 149 cm³/mol. The van der Waals surface area contributed by atoms with Gasteiger partial charge in [0.2, 0.25) is 0 Å². The summed E-state index contributed by atoms with van der Waals surface area (Å²) in [6.07, 6.45) is -10.2. The van der Waals surface area contributed by atoms with E-state index < -0.39 is 40.8 Å². The topological polar surface area (TPSA) is 45.6 Å². The largest absolute Gasteiger partial charge is 0.416 e. The van der Waals surface area contributed by atoms with Gasteiger partial charge in [0, 0.05) is 43.1 Å². The van der Waals surface area contributed by atoms with Gasteiger partial charge in [-0.25, -0.2) is 4.39 Å². The molecule has 44 heavy (non-hydrogen) atoms. The third-order valence-corrected chi connectivity index (χ3v) is 7.60. The zero-order valence-corrected chi connectivity index (χ0v) is 23.6. The van der Waals surface area contributed by atoms with Crippen molar-refractivity contribution in [3.8, 4) is 16.9 Å². The number of halogens is 7. The summed E-state index contributed by atoms with van der Waals surface area (Å²) in [5.41, 5.74) is 0.216. The monoisotopic (exact) mass is 617 g/mol. The maximum Gasteiger partial charge on any atom is 0.416 e. The lowest BCUT2D eigenvalue weighted by Gasteiger charge is -2.35. The van der Waals surface area contributed by atoms with Crippen LogP contribution in [-0.4, -0.2) is 52.4 Å². The van der Waals surface area contributed by atoms with E-state index in [0.29, 0.717) is 34.6 Å². The van der Waals surface area contributed by atoms with Crippen molar-refractivity contribution in [3.63, 3.8) is 0 Å². The maximum absolute atomic E-state index is 13.7. The molecule has 1 saturated heterocycles. The second-order valence-electron chi connectivity index (χ2n) is 10.6. The molecule has 1 aliphatic rings. The number of benzene rings is 3. The van der Waals surface area contributed by atoms with Crippen molar-refractivity contribution in [2.45, 2.75) is 26.2 Å². The SMILES string of the molecule is Cc1ccc(-n2c(-c3ccc(F)cc3)cc(C(=O)N3CCN(C(=O)c4cc(C(F)(F)F)cc(C(F)(F)F)c4)CC3)c2C)cc1. The highest BCUT2D eigenvalue weighted by Gasteiger charge is 2.38. The number of hydrogen-bond acceptors (Lipinski definition) is 2. The molecule has 5 rings (SSSR count). The van der Waals surface area contributed by atoms with E-state index in [1.165, 1.54) is 17.0 Å². The van der Waals surface area contributed by atoms with Crippen LogP contribution in [-0.2, 0) is 12.4 Å². The van der Waals surface area contributed by atoms with E-state index in [4.69, 9.17) is 0 Å². The minimum atomic E-state index is -5.08. The van der Waals surface area contributed by atoms with E-state index in [1.807, 2.05) is 35.8 Å². The van der Waals surface area contributed by atoms with Crippen LogP contribution in [0, 0.1) is 19.7 Å². The van der Waals surface area contributed by atoms with Crippen LogP contribution in [0.3, 0.4) is 0 Å². The summed E-state index contributed by atoms with van der Waals surface area (Å²) in [5.74, 6) is -1.77. The van der Waals surface area contributed by atoms with E-state index in [2.05, 4.69) is 0 Å². The summed E-state index contributed by atoms with van der Waals surface area (Å²) in [6, 6.07) is 15.9. The fourth-order valence-electron chi connectivity index (χ4n) is 5.23. The van der Waals surface area contributed by atoms with Crippen molar-refractivity contribution in [2.24, 2.45) is 0 Å². The second kappa shape index (κ2) is 11.5. The Morgan fingerprint density at radius 3 is 1.66 bits per heavy atom. The van der Waals surface area contributed by atoms with E-state index in [-0.39, 0.29) is 38.2 Å². The van der Waals surface area contributed by atoms with Crippen LogP contribution in [0.4, 0.5) is 30.7 Å². The summed E-state index contributed by atoms with van der Waals surface area (Å²) < 4.78 is 95.4. The van der Waals surface area contributed by atoms with Gasteiger partial charge in [-0.05, 0) is 80.1 Å². The Bertz CT molecular complexity index is 1670. The van der Waals surface area contributed by atoms with E-state index >= 15 is 0 Å². The van der Waals surface area contributed by atoms with Crippen LogP contribution in [0.15, 0.2) is 72.8 Å². The third kappa shape index (κ3) is 6.20. The molecular weight excluding hydrogens is 591 g/mol. The molecule has 3 aromatic carbocycles. The Morgan fingerprint density at radius 1 is 0.659 bits per heavy atom. The number of aryl methyl sites for hydroxylation is 1. The molecule has 2 heterocycles. The first kappa shape index (κ1) is 30.8. The van der Waals surface area contributed by atoms with Crippen molar-refractivity contribution < 1.29 is 40.3 Å². The number of piperazine rings is 1. The van der Waals surface area contributed by atoms with Gasteiger partial charge in [0.15, 0.2) is 0 Å². The zero-order chi connectivity index (χ0) is 32.0. The fourth-order valence-corrected chi connectivity index (χ4v) is 5.23. The Hall–Kier alpha value is -4.61. The molecule has 4 aromatic rings. The first-order valence-electron chi connectivity index (χ1n) is 13.6. The number of hydrogen-bond donors (Lipinski definition) is 0. The van der Waals surface area contributed by atoms with Gasteiger partial charge in [0.25, 0.3) is 11.8 Å². The van der Waals surface area contributed by atoms with Gasteiger partial charge in [0.1, 0.15) is 5.82 Å². The molecular formula is C32H26F7N3O2. The smallest absolute Gasteiger partial charge is 0.335 e. The second-order valence-corrected chi connectivity index (χ2v) is 10.6. The first-order valence-corrected chi connectivity index (χ1v) is 13.6. The number of rotatable bonds is 4. The van der Waals surface area contributed by atoms with E-state index in [0.717, 1.165) is 16.2 Å². The molecule has 1 fully saturated rings. The highest BCUT2D eigenvalue weighted by Crippen LogP contribution is 2.37. The number of alkyl halides is 6. The van der Waals surface area contributed by atoms with E-state index in [1.54, 1.807) is 25.1 Å². The summed E-state index contributed by atoms with van der Waals surface area (Å²) in [6.45, 7) is 3.54. The van der Waals surface area contributed by atoms with Crippen LogP contribution in [0.5, 0.6) is 0 Å². The number of carbonyl (C=O) groups is 2. The number of amides is 2. The normalized spacial score (nSPS) is 14.2. The molecule has 230 valence electrons. The first-order chi connectivity index (χ1) is 20.6. The van der Waals surface area contributed by atoms with Gasteiger partial charge in [-0.1, -0.05) is 17.7 Å². The van der Waals surface area contributed by atoms with E-state index in [9.17, 15) is 40.3 Å². The molecule has 12 heteroatoms. The molecule has 1 aromatic heterocycles. The van der Waals surface area contributed by atoms with Crippen LogP contribution >= 0.6 is 0 Å². The molecule has 1 aliphatic heterocycles. The van der Waals surface area contributed by atoms with Crippen LogP contribution in [0.25, 0.3) is 16.9 Å². The lowest BCUT2D eigenvalue weighted by atomic mass is 10.0. The molecule has 0 N–H and O–H groups in total. The van der Waals surface area contributed by atoms with Gasteiger partial charge in [-0.2, -0.15) is 26.3 Å². The Labute approximate surface area is 248 Å². The molecule has 0 atom stereocenters. The minimum Gasteiger partial charge on any atom is -0.335 e. The van der Waals surface area contributed by atoms with Crippen molar-refractivity contribution in [3.05, 3.63) is 112 Å². The lowest BCUT2D eigenvalue weighted by molar-refractivity contribution is -0.143. The summed E-state index contributed by atoms with van der Waals surface area (Å²) in [4.78, 5) is 29.4. The molecule has 0 unspecified atom stereocenters. The maximum atomic E-state index is 13.7. The lowest BCUT2D eigenvalue weighted by Crippen LogP contribution is -2.50. The summed E-state index contributed by atoms with van der Waals surface area (Å²) in [5, 5.41) is 0. The molecule has 2 amide bonds.